The highest BCUT2D eigenvalue weighted by molar-refractivity contribution is 7.92. The molecular formula is C33H40F3N3O4S. The number of rotatable bonds is 12. The lowest BCUT2D eigenvalue weighted by Crippen LogP contribution is -2.54. The molecule has 0 aliphatic carbocycles. The average molecular weight is 632 g/mol. The zero-order valence-electron chi connectivity index (χ0n) is 25.7. The Bertz CT molecular complexity index is 1540. The number of hydrogen-bond donors (Lipinski definition) is 1. The van der Waals surface area contributed by atoms with Gasteiger partial charge in [0.2, 0.25) is 21.8 Å². The second kappa shape index (κ2) is 14.3. The van der Waals surface area contributed by atoms with Crippen LogP contribution < -0.4 is 9.62 Å². The molecule has 0 heterocycles. The number of amides is 2. The van der Waals surface area contributed by atoms with Gasteiger partial charge in [-0.2, -0.15) is 13.2 Å². The second-order valence-electron chi connectivity index (χ2n) is 11.9. The molecule has 0 saturated heterocycles. The maximum Gasteiger partial charge on any atom is 0.416 e. The molecule has 0 aliphatic rings. The van der Waals surface area contributed by atoms with Gasteiger partial charge in [0, 0.05) is 31.5 Å². The Morgan fingerprint density at radius 3 is 2.11 bits per heavy atom. The first-order valence-corrected chi connectivity index (χ1v) is 16.1. The molecule has 44 heavy (non-hydrogen) atoms. The number of alkyl halides is 3. The minimum absolute atomic E-state index is 0.0193. The summed E-state index contributed by atoms with van der Waals surface area (Å²) in [6.07, 6.45) is -3.60. The fraction of sp³-hybridized carbons (Fsp3) is 0.394. The van der Waals surface area contributed by atoms with Crippen molar-refractivity contribution in [1.29, 1.82) is 0 Å². The first kappa shape index (κ1) is 34.6. The molecule has 3 rings (SSSR count). The fourth-order valence-electron chi connectivity index (χ4n) is 4.86. The number of hydrogen-bond acceptors (Lipinski definition) is 4. The molecule has 238 valence electrons. The Morgan fingerprint density at radius 2 is 1.52 bits per heavy atom. The van der Waals surface area contributed by atoms with Crippen LogP contribution in [0.3, 0.4) is 0 Å². The van der Waals surface area contributed by atoms with Crippen molar-refractivity contribution >= 4 is 27.5 Å². The van der Waals surface area contributed by atoms with Gasteiger partial charge in [0.25, 0.3) is 0 Å². The number of nitrogens with one attached hydrogen (secondary N) is 1. The number of anilines is 1. The summed E-state index contributed by atoms with van der Waals surface area (Å²) in [7, 11) is -3.97. The van der Waals surface area contributed by atoms with Gasteiger partial charge >= 0.3 is 6.18 Å². The quantitative estimate of drug-likeness (QED) is 0.261. The van der Waals surface area contributed by atoms with Crippen molar-refractivity contribution in [2.75, 3.05) is 17.1 Å². The molecule has 0 spiro atoms. The number of carbonyl (C=O) groups excluding carboxylic acids is 2. The average Bonchev–Trinajstić information content (AvgIpc) is 2.91. The van der Waals surface area contributed by atoms with Crippen LogP contribution in [0.1, 0.15) is 55.9 Å². The van der Waals surface area contributed by atoms with Crippen LogP contribution in [-0.2, 0) is 38.8 Å². The SMILES string of the molecule is Cc1cccc(CN(C(=O)CCCN(c2cccc(C(F)(F)F)c2)S(C)(=O)=O)[C@H](Cc2ccccc2)C(=O)NC(C)(C)C)c1. The molecule has 3 aromatic rings. The summed E-state index contributed by atoms with van der Waals surface area (Å²) in [4.78, 5) is 29.1. The van der Waals surface area contributed by atoms with Crippen molar-refractivity contribution in [3.8, 4) is 0 Å². The summed E-state index contributed by atoms with van der Waals surface area (Å²) in [5.41, 5.74) is 0.984. The first-order chi connectivity index (χ1) is 20.4. The predicted octanol–water partition coefficient (Wildman–Crippen LogP) is 6.11. The number of benzene rings is 3. The Kier molecular flexibility index (Phi) is 11.2. The molecule has 0 aliphatic heterocycles. The second-order valence-corrected chi connectivity index (χ2v) is 13.8. The predicted molar refractivity (Wildman–Crippen MR) is 166 cm³/mol. The van der Waals surface area contributed by atoms with Crippen molar-refractivity contribution in [3.63, 3.8) is 0 Å². The summed E-state index contributed by atoms with van der Waals surface area (Å²) in [6.45, 7) is 7.40. The molecule has 3 aromatic carbocycles. The van der Waals surface area contributed by atoms with Crippen LogP contribution in [0.4, 0.5) is 18.9 Å². The molecule has 0 unspecified atom stereocenters. The topological polar surface area (TPSA) is 86.8 Å². The number of nitrogens with zero attached hydrogens (tertiary/aromatic N) is 2. The maximum absolute atomic E-state index is 13.9. The fourth-order valence-corrected chi connectivity index (χ4v) is 5.81. The van der Waals surface area contributed by atoms with E-state index in [4.69, 9.17) is 0 Å². The highest BCUT2D eigenvalue weighted by atomic mass is 32.2. The number of carbonyl (C=O) groups is 2. The van der Waals surface area contributed by atoms with Gasteiger partial charge < -0.3 is 10.2 Å². The summed E-state index contributed by atoms with van der Waals surface area (Å²) in [5.74, 6) is -0.710. The minimum Gasteiger partial charge on any atom is -0.350 e. The molecule has 2 amide bonds. The molecule has 11 heteroatoms. The third kappa shape index (κ3) is 10.4. The third-order valence-electron chi connectivity index (χ3n) is 6.82. The van der Waals surface area contributed by atoms with E-state index < -0.39 is 33.3 Å². The standard InChI is InChI=1S/C33H40F3N3O4S/c1-24-12-9-15-26(20-24)23-38(29(31(41)37-32(2,3)4)21-25-13-7-6-8-14-25)30(40)18-11-19-39(44(5,42)43)28-17-10-16-27(22-28)33(34,35)36/h6-10,12-17,20,22,29H,11,18-19,21,23H2,1-5H3,(H,37,41)/t29-/m1/s1. The summed E-state index contributed by atoms with van der Waals surface area (Å²) in [6, 6.07) is 20.1. The van der Waals surface area contributed by atoms with Gasteiger partial charge in [-0.25, -0.2) is 8.42 Å². The third-order valence-corrected chi connectivity index (χ3v) is 8.01. The first-order valence-electron chi connectivity index (χ1n) is 14.3. The van der Waals surface area contributed by atoms with E-state index in [1.165, 1.54) is 11.0 Å². The van der Waals surface area contributed by atoms with Crippen molar-refractivity contribution in [3.05, 3.63) is 101 Å². The summed E-state index contributed by atoms with van der Waals surface area (Å²) < 4.78 is 66.1. The van der Waals surface area contributed by atoms with Crippen molar-refractivity contribution in [2.24, 2.45) is 0 Å². The highest BCUT2D eigenvalue weighted by Crippen LogP contribution is 2.32. The highest BCUT2D eigenvalue weighted by Gasteiger charge is 2.33. The van der Waals surface area contributed by atoms with E-state index in [2.05, 4.69) is 5.32 Å². The number of halogens is 3. The van der Waals surface area contributed by atoms with Crippen molar-refractivity contribution in [2.45, 2.75) is 71.3 Å². The maximum atomic E-state index is 13.9. The summed E-state index contributed by atoms with van der Waals surface area (Å²) in [5, 5.41) is 2.99. The van der Waals surface area contributed by atoms with Crippen LogP contribution in [0.25, 0.3) is 0 Å². The normalized spacial score (nSPS) is 12.8. The van der Waals surface area contributed by atoms with Gasteiger partial charge in [-0.05, 0) is 63.4 Å². The Morgan fingerprint density at radius 1 is 0.886 bits per heavy atom. The lowest BCUT2D eigenvalue weighted by atomic mass is 10.00. The van der Waals surface area contributed by atoms with E-state index in [-0.39, 0.29) is 49.9 Å². The molecule has 7 nitrogen and oxygen atoms in total. The number of sulfonamides is 1. The van der Waals surface area contributed by atoms with E-state index in [1.807, 2.05) is 82.3 Å². The molecule has 0 bridgehead atoms. The Balaban J connectivity index is 1.92. The van der Waals surface area contributed by atoms with E-state index in [1.54, 1.807) is 0 Å². The molecular weight excluding hydrogens is 591 g/mol. The number of aryl methyl sites for hydroxylation is 1. The van der Waals surface area contributed by atoms with E-state index in [9.17, 15) is 31.2 Å². The van der Waals surface area contributed by atoms with Gasteiger partial charge in [0.1, 0.15) is 6.04 Å². The van der Waals surface area contributed by atoms with E-state index in [0.29, 0.717) is 0 Å². The van der Waals surface area contributed by atoms with Gasteiger partial charge in [-0.1, -0.05) is 66.2 Å². The smallest absolute Gasteiger partial charge is 0.350 e. The van der Waals surface area contributed by atoms with Crippen molar-refractivity contribution in [1.82, 2.24) is 10.2 Å². The zero-order chi connectivity index (χ0) is 32.7. The lowest BCUT2D eigenvalue weighted by Gasteiger charge is -2.34. The van der Waals surface area contributed by atoms with Crippen LogP contribution in [0, 0.1) is 6.92 Å². The van der Waals surface area contributed by atoms with Gasteiger partial charge in [0.05, 0.1) is 17.5 Å². The molecule has 1 atom stereocenters. The van der Waals surface area contributed by atoms with Crippen LogP contribution in [0.2, 0.25) is 0 Å². The lowest BCUT2D eigenvalue weighted by molar-refractivity contribution is -0.142. The monoisotopic (exact) mass is 631 g/mol. The van der Waals surface area contributed by atoms with Crippen LogP contribution in [0.15, 0.2) is 78.9 Å². The zero-order valence-corrected chi connectivity index (χ0v) is 26.5. The summed E-state index contributed by atoms with van der Waals surface area (Å²) >= 11 is 0. The molecule has 0 aromatic heterocycles. The van der Waals surface area contributed by atoms with Crippen LogP contribution in [-0.4, -0.2) is 49.5 Å². The van der Waals surface area contributed by atoms with Gasteiger partial charge in [0.15, 0.2) is 0 Å². The van der Waals surface area contributed by atoms with Crippen molar-refractivity contribution < 1.29 is 31.2 Å². The van der Waals surface area contributed by atoms with Crippen LogP contribution >= 0.6 is 0 Å². The molecule has 1 N–H and O–H groups in total. The Labute approximate surface area is 258 Å². The van der Waals surface area contributed by atoms with Gasteiger partial charge in [-0.3, -0.25) is 13.9 Å². The molecule has 0 fully saturated rings. The van der Waals surface area contributed by atoms with Gasteiger partial charge in [-0.15, -0.1) is 0 Å². The Hall–Kier alpha value is -3.86. The van der Waals surface area contributed by atoms with Crippen LogP contribution in [0.5, 0.6) is 0 Å². The van der Waals surface area contributed by atoms with E-state index >= 15 is 0 Å². The largest absolute Gasteiger partial charge is 0.416 e. The van der Waals surface area contributed by atoms with E-state index in [0.717, 1.165) is 45.5 Å². The molecule has 0 saturated carbocycles. The molecule has 0 radical (unpaired) electrons. The minimum atomic E-state index is -4.65.